The molecule has 0 aliphatic rings. The summed E-state index contributed by atoms with van der Waals surface area (Å²) in [5, 5.41) is 2.76. The topological polar surface area (TPSA) is 64.3 Å². The normalized spacial score (nSPS) is 15.8. The zero-order chi connectivity index (χ0) is 13.7. The van der Waals surface area contributed by atoms with Crippen LogP contribution in [0.5, 0.6) is 0 Å². The highest BCUT2D eigenvalue weighted by Crippen LogP contribution is 2.20. The van der Waals surface area contributed by atoms with Gasteiger partial charge in [-0.05, 0) is 31.5 Å². The van der Waals surface area contributed by atoms with Crippen LogP contribution in [0.4, 0.5) is 4.39 Å². The van der Waals surface area contributed by atoms with Crippen molar-refractivity contribution in [2.24, 2.45) is 5.73 Å². The molecule has 0 saturated heterocycles. The lowest BCUT2D eigenvalue weighted by atomic mass is 10.0. The first kappa shape index (κ1) is 14.6. The number of nitrogens with one attached hydrogen (secondary N) is 1. The van der Waals surface area contributed by atoms with Crippen molar-refractivity contribution in [2.45, 2.75) is 32.0 Å². The molecule has 5 heteroatoms. The van der Waals surface area contributed by atoms with Crippen LogP contribution in [-0.2, 0) is 9.53 Å². The third-order valence-electron chi connectivity index (χ3n) is 2.69. The summed E-state index contributed by atoms with van der Waals surface area (Å²) in [6, 6.07) is 5.18. The summed E-state index contributed by atoms with van der Waals surface area (Å²) in [7, 11) is 1.54. The van der Waals surface area contributed by atoms with Crippen LogP contribution in [0.15, 0.2) is 24.3 Å². The minimum atomic E-state index is -0.571. The van der Waals surface area contributed by atoms with E-state index in [1.165, 1.54) is 12.1 Å². The average molecular weight is 254 g/mol. The highest BCUT2D eigenvalue weighted by Gasteiger charge is 2.21. The van der Waals surface area contributed by atoms with Crippen LogP contribution in [0, 0.1) is 5.82 Å². The Kier molecular flexibility index (Phi) is 5.25. The Hall–Kier alpha value is -1.46. The molecule has 1 aromatic rings. The van der Waals surface area contributed by atoms with Gasteiger partial charge in [-0.3, -0.25) is 4.79 Å². The summed E-state index contributed by atoms with van der Waals surface area (Å²) in [6.07, 6.45) is -0.340. The molecule has 100 valence electrons. The summed E-state index contributed by atoms with van der Waals surface area (Å²) < 4.78 is 18.2. The van der Waals surface area contributed by atoms with Gasteiger partial charge in [-0.15, -0.1) is 0 Å². The molecule has 0 spiro atoms. The van der Waals surface area contributed by atoms with Gasteiger partial charge in [0.2, 0.25) is 5.91 Å². The molecule has 1 aromatic carbocycles. The molecule has 0 saturated carbocycles. The number of carbonyl (C=O) groups is 1. The lowest BCUT2D eigenvalue weighted by Crippen LogP contribution is -2.45. The highest BCUT2D eigenvalue weighted by atomic mass is 19.1. The smallest absolute Gasteiger partial charge is 0.236 e. The molecule has 0 aromatic heterocycles. The molecule has 0 fully saturated rings. The molecule has 1 rings (SSSR count). The molecule has 0 bridgehead atoms. The predicted octanol–water partition coefficient (Wildman–Crippen LogP) is 1.37. The monoisotopic (exact) mass is 254 g/mol. The van der Waals surface area contributed by atoms with Crippen molar-refractivity contribution in [3.63, 3.8) is 0 Å². The van der Waals surface area contributed by atoms with E-state index in [0.717, 1.165) is 5.56 Å². The Morgan fingerprint density at radius 1 is 1.33 bits per heavy atom. The van der Waals surface area contributed by atoms with E-state index in [0.29, 0.717) is 0 Å². The Balaban J connectivity index is 2.76. The average Bonchev–Trinajstić information content (AvgIpc) is 2.32. The maximum absolute atomic E-state index is 12.8. The molecule has 0 heterocycles. The third-order valence-corrected chi connectivity index (χ3v) is 2.69. The van der Waals surface area contributed by atoms with Crippen LogP contribution in [0.2, 0.25) is 0 Å². The van der Waals surface area contributed by atoms with Crippen molar-refractivity contribution in [1.82, 2.24) is 5.32 Å². The molecule has 0 aliphatic heterocycles. The quantitative estimate of drug-likeness (QED) is 0.834. The summed E-state index contributed by atoms with van der Waals surface area (Å²) in [4.78, 5) is 11.5. The SMILES string of the molecule is COC(c1ccc(F)cc1)C(C)NC(=O)C(C)N. The fraction of sp³-hybridized carbons (Fsp3) is 0.462. The second kappa shape index (κ2) is 6.47. The number of ether oxygens (including phenoxy) is 1. The predicted molar refractivity (Wildman–Crippen MR) is 67.4 cm³/mol. The largest absolute Gasteiger partial charge is 0.375 e. The highest BCUT2D eigenvalue weighted by molar-refractivity contribution is 5.81. The van der Waals surface area contributed by atoms with Gasteiger partial charge in [-0.1, -0.05) is 12.1 Å². The van der Waals surface area contributed by atoms with Crippen molar-refractivity contribution >= 4 is 5.91 Å². The summed E-state index contributed by atoms with van der Waals surface area (Å²) >= 11 is 0. The lowest BCUT2D eigenvalue weighted by molar-refractivity contribution is -0.123. The van der Waals surface area contributed by atoms with E-state index in [4.69, 9.17) is 10.5 Å². The standard InChI is InChI=1S/C13H19FN2O2/c1-8(15)13(17)16-9(2)12(18-3)10-4-6-11(14)7-5-10/h4-9,12H,15H2,1-3H3,(H,16,17). The number of rotatable bonds is 5. The van der Waals surface area contributed by atoms with Crippen LogP contribution in [0.1, 0.15) is 25.5 Å². The summed E-state index contributed by atoms with van der Waals surface area (Å²) in [5.41, 5.74) is 6.28. The number of benzene rings is 1. The van der Waals surface area contributed by atoms with Gasteiger partial charge in [-0.2, -0.15) is 0 Å². The van der Waals surface area contributed by atoms with Gasteiger partial charge < -0.3 is 15.8 Å². The van der Waals surface area contributed by atoms with Crippen molar-refractivity contribution in [1.29, 1.82) is 0 Å². The summed E-state index contributed by atoms with van der Waals surface area (Å²) in [5.74, 6) is -0.549. The molecular formula is C13H19FN2O2. The summed E-state index contributed by atoms with van der Waals surface area (Å²) in [6.45, 7) is 3.43. The number of hydrogen-bond acceptors (Lipinski definition) is 3. The van der Waals surface area contributed by atoms with Crippen LogP contribution < -0.4 is 11.1 Å². The van der Waals surface area contributed by atoms with Gasteiger partial charge in [0.05, 0.1) is 12.1 Å². The van der Waals surface area contributed by atoms with Crippen molar-refractivity contribution in [3.8, 4) is 0 Å². The zero-order valence-electron chi connectivity index (χ0n) is 10.8. The Morgan fingerprint density at radius 3 is 2.33 bits per heavy atom. The van der Waals surface area contributed by atoms with E-state index < -0.39 is 6.04 Å². The number of methoxy groups -OCH3 is 1. The fourth-order valence-electron chi connectivity index (χ4n) is 1.71. The second-order valence-electron chi connectivity index (χ2n) is 4.29. The van der Waals surface area contributed by atoms with Gasteiger partial charge in [0, 0.05) is 7.11 Å². The first-order valence-electron chi connectivity index (χ1n) is 5.80. The van der Waals surface area contributed by atoms with Gasteiger partial charge in [-0.25, -0.2) is 4.39 Å². The molecule has 3 atom stereocenters. The van der Waals surface area contributed by atoms with E-state index in [1.54, 1.807) is 26.2 Å². The maximum Gasteiger partial charge on any atom is 0.236 e. The van der Waals surface area contributed by atoms with Gasteiger partial charge in [0.25, 0.3) is 0 Å². The van der Waals surface area contributed by atoms with Gasteiger partial charge in [0.1, 0.15) is 11.9 Å². The number of hydrogen-bond donors (Lipinski definition) is 2. The number of nitrogens with two attached hydrogens (primary N) is 1. The number of amides is 1. The molecule has 3 unspecified atom stereocenters. The number of carbonyl (C=O) groups excluding carboxylic acids is 1. The zero-order valence-corrected chi connectivity index (χ0v) is 10.8. The first-order valence-corrected chi connectivity index (χ1v) is 5.80. The number of halogens is 1. The molecule has 1 amide bonds. The van der Waals surface area contributed by atoms with Crippen molar-refractivity contribution in [2.75, 3.05) is 7.11 Å². The van der Waals surface area contributed by atoms with Crippen molar-refractivity contribution in [3.05, 3.63) is 35.6 Å². The molecule has 4 nitrogen and oxygen atoms in total. The van der Waals surface area contributed by atoms with E-state index in [-0.39, 0.29) is 23.9 Å². The molecule has 0 aliphatic carbocycles. The van der Waals surface area contributed by atoms with Gasteiger partial charge in [0.15, 0.2) is 0 Å². The Morgan fingerprint density at radius 2 is 1.89 bits per heavy atom. The molecular weight excluding hydrogens is 235 g/mol. The van der Waals surface area contributed by atoms with E-state index in [9.17, 15) is 9.18 Å². The first-order chi connectivity index (χ1) is 8.45. The van der Waals surface area contributed by atoms with Crippen LogP contribution >= 0.6 is 0 Å². The molecule has 3 N–H and O–H groups in total. The van der Waals surface area contributed by atoms with E-state index >= 15 is 0 Å². The van der Waals surface area contributed by atoms with Crippen LogP contribution in [0.25, 0.3) is 0 Å². The van der Waals surface area contributed by atoms with Crippen molar-refractivity contribution < 1.29 is 13.9 Å². The second-order valence-corrected chi connectivity index (χ2v) is 4.29. The lowest BCUT2D eigenvalue weighted by Gasteiger charge is -2.24. The third kappa shape index (κ3) is 3.78. The fourth-order valence-corrected chi connectivity index (χ4v) is 1.71. The Labute approximate surface area is 106 Å². The van der Waals surface area contributed by atoms with E-state index in [2.05, 4.69) is 5.32 Å². The van der Waals surface area contributed by atoms with Gasteiger partial charge >= 0.3 is 0 Å². The van der Waals surface area contributed by atoms with Crippen LogP contribution in [0.3, 0.4) is 0 Å². The minimum absolute atomic E-state index is 0.244. The molecule has 18 heavy (non-hydrogen) atoms. The molecule has 0 radical (unpaired) electrons. The van der Waals surface area contributed by atoms with Crippen LogP contribution in [-0.4, -0.2) is 25.1 Å². The maximum atomic E-state index is 12.8. The van der Waals surface area contributed by atoms with E-state index in [1.807, 2.05) is 6.92 Å². The Bertz CT molecular complexity index is 392. The minimum Gasteiger partial charge on any atom is -0.375 e.